The lowest BCUT2D eigenvalue weighted by Crippen LogP contribution is -2.08. The molecule has 0 amide bonds. The van der Waals surface area contributed by atoms with E-state index in [1.807, 2.05) is 79.9 Å². The fraction of sp³-hybridized carbons (Fsp3) is 0.240. The second kappa shape index (κ2) is 8.78. The summed E-state index contributed by atoms with van der Waals surface area (Å²) in [5.41, 5.74) is 4.82. The molecule has 168 valence electrons. The first-order valence-corrected chi connectivity index (χ1v) is 11.7. The van der Waals surface area contributed by atoms with Gasteiger partial charge in [-0.25, -0.2) is 0 Å². The lowest BCUT2D eigenvalue weighted by molar-refractivity contribution is 0.102. The molecule has 0 atom stereocenters. The zero-order valence-corrected chi connectivity index (χ0v) is 19.6. The number of hydrogen-bond acceptors (Lipinski definition) is 6. The number of ether oxygens (including phenoxy) is 2. The van der Waals surface area contributed by atoms with Crippen LogP contribution in [0.4, 0.5) is 0 Å². The normalized spacial score (nSPS) is 12.3. The first-order valence-electron chi connectivity index (χ1n) is 10.7. The van der Waals surface area contributed by atoms with Crippen LogP contribution in [0.5, 0.6) is 11.5 Å². The summed E-state index contributed by atoms with van der Waals surface area (Å²) < 4.78 is 15.0. The first kappa shape index (κ1) is 21.3. The maximum atomic E-state index is 13.1. The van der Waals surface area contributed by atoms with Gasteiger partial charge in [-0.15, -0.1) is 10.2 Å². The number of hydrogen-bond donors (Lipinski definition) is 0. The van der Waals surface area contributed by atoms with Crippen LogP contribution in [0.1, 0.15) is 33.1 Å². The number of thioether (sulfide) groups is 1. The van der Waals surface area contributed by atoms with E-state index in [0.29, 0.717) is 17.5 Å². The highest BCUT2D eigenvalue weighted by atomic mass is 32.2. The van der Waals surface area contributed by atoms with Gasteiger partial charge in [0.15, 0.2) is 22.4 Å². The average molecular weight is 461 g/mol. The van der Waals surface area contributed by atoms with Gasteiger partial charge in [-0.1, -0.05) is 36.0 Å². The molecule has 0 N–H and O–H groups in total. The molecule has 0 saturated carbocycles. The molecule has 1 aliphatic heterocycles. The minimum atomic E-state index is 0.0744. The van der Waals surface area contributed by atoms with Gasteiger partial charge in [0.1, 0.15) is 5.82 Å². The Labute approximate surface area is 196 Å². The van der Waals surface area contributed by atoms with Crippen LogP contribution >= 0.6 is 11.8 Å². The molecule has 0 unspecified atom stereocenters. The molecule has 8 heteroatoms. The molecular weight excluding hydrogens is 436 g/mol. The molecule has 1 aliphatic rings. The number of benzene rings is 2. The van der Waals surface area contributed by atoms with Gasteiger partial charge >= 0.3 is 0 Å². The van der Waals surface area contributed by atoms with E-state index in [2.05, 4.69) is 14.8 Å². The van der Waals surface area contributed by atoms with Gasteiger partial charge < -0.3 is 14.0 Å². The summed E-state index contributed by atoms with van der Waals surface area (Å²) in [5.74, 6) is 2.69. The average Bonchev–Trinajstić information content (AvgIpc) is 3.51. The number of ketones is 1. The van der Waals surface area contributed by atoms with Crippen molar-refractivity contribution in [1.82, 2.24) is 19.3 Å². The zero-order chi connectivity index (χ0) is 22.9. The number of Topliss-reactive ketones (excluding diaryl/α,β-unsaturated/α-hetero) is 1. The number of rotatable bonds is 7. The van der Waals surface area contributed by atoms with Gasteiger partial charge in [0.2, 0.25) is 6.79 Å². The number of para-hydroxylation sites is 1. The topological polar surface area (TPSA) is 71.2 Å². The Morgan fingerprint density at radius 1 is 1.00 bits per heavy atom. The lowest BCUT2D eigenvalue weighted by atomic mass is 10.1. The van der Waals surface area contributed by atoms with Crippen LogP contribution in [0.15, 0.2) is 59.8 Å². The van der Waals surface area contributed by atoms with Gasteiger partial charge in [-0.3, -0.25) is 9.36 Å². The molecule has 0 aliphatic carbocycles. The van der Waals surface area contributed by atoms with E-state index >= 15 is 0 Å². The Bertz CT molecular complexity index is 1330. The maximum Gasteiger partial charge on any atom is 0.231 e. The van der Waals surface area contributed by atoms with Crippen molar-refractivity contribution in [2.24, 2.45) is 0 Å². The molecule has 0 bridgehead atoms. The van der Waals surface area contributed by atoms with Gasteiger partial charge in [0.05, 0.1) is 5.75 Å². The SMILES string of the molecule is Cc1cc(C(=O)CSc2nnc(C)n2-c2ccccc2)c(C)n1Cc1ccc2c(c1)OCO2. The number of nitrogens with zero attached hydrogens (tertiary/aromatic N) is 4. The summed E-state index contributed by atoms with van der Waals surface area (Å²) in [6.07, 6.45) is 0. The Morgan fingerprint density at radius 2 is 1.79 bits per heavy atom. The molecule has 5 rings (SSSR count). The zero-order valence-electron chi connectivity index (χ0n) is 18.7. The molecule has 2 aromatic carbocycles. The van der Waals surface area contributed by atoms with E-state index in [0.717, 1.165) is 45.5 Å². The van der Waals surface area contributed by atoms with Crippen molar-refractivity contribution in [3.63, 3.8) is 0 Å². The van der Waals surface area contributed by atoms with Crippen molar-refractivity contribution < 1.29 is 14.3 Å². The molecule has 7 nitrogen and oxygen atoms in total. The van der Waals surface area contributed by atoms with E-state index in [1.54, 1.807) is 0 Å². The van der Waals surface area contributed by atoms with Crippen molar-refractivity contribution in [2.45, 2.75) is 32.5 Å². The Hall–Kier alpha value is -3.52. The summed E-state index contributed by atoms with van der Waals surface area (Å²) >= 11 is 1.41. The standard InChI is InChI=1S/C25H24N4O3S/c1-16-11-21(17(2)28(16)13-19-9-10-23-24(12-19)32-15-31-23)22(30)14-33-25-27-26-18(3)29(25)20-7-5-4-6-8-20/h4-12H,13-15H2,1-3H3. The van der Waals surface area contributed by atoms with E-state index in [1.165, 1.54) is 11.8 Å². The molecule has 3 heterocycles. The second-order valence-electron chi connectivity index (χ2n) is 7.97. The lowest BCUT2D eigenvalue weighted by Gasteiger charge is -2.11. The third-order valence-corrected chi connectivity index (χ3v) is 6.72. The third kappa shape index (κ3) is 4.14. The molecule has 4 aromatic rings. The molecule has 0 spiro atoms. The van der Waals surface area contributed by atoms with Crippen LogP contribution in [0.25, 0.3) is 5.69 Å². The van der Waals surface area contributed by atoms with E-state index in [-0.39, 0.29) is 12.6 Å². The molecular formula is C25H24N4O3S. The quantitative estimate of drug-likeness (QED) is 0.293. The summed E-state index contributed by atoms with van der Waals surface area (Å²) in [5, 5.41) is 9.20. The second-order valence-corrected chi connectivity index (χ2v) is 8.91. The van der Waals surface area contributed by atoms with Crippen molar-refractivity contribution >= 4 is 17.5 Å². The third-order valence-electron chi connectivity index (χ3n) is 5.79. The fourth-order valence-electron chi connectivity index (χ4n) is 4.07. The predicted octanol–water partition coefficient (Wildman–Crippen LogP) is 4.75. The minimum absolute atomic E-state index is 0.0744. The maximum absolute atomic E-state index is 13.1. The number of carbonyl (C=O) groups is 1. The summed E-state index contributed by atoms with van der Waals surface area (Å²) in [4.78, 5) is 13.1. The Balaban J connectivity index is 1.33. The highest BCUT2D eigenvalue weighted by Gasteiger charge is 2.19. The number of fused-ring (bicyclic) bond motifs is 1. The van der Waals surface area contributed by atoms with Crippen LogP contribution in [-0.4, -0.2) is 37.7 Å². The van der Waals surface area contributed by atoms with Gasteiger partial charge in [0, 0.05) is 29.2 Å². The summed E-state index contributed by atoms with van der Waals surface area (Å²) in [6.45, 7) is 6.86. The van der Waals surface area contributed by atoms with Crippen molar-refractivity contribution in [3.05, 3.63) is 82.9 Å². The van der Waals surface area contributed by atoms with E-state index in [4.69, 9.17) is 9.47 Å². The van der Waals surface area contributed by atoms with Gasteiger partial charge in [-0.05, 0) is 56.7 Å². The highest BCUT2D eigenvalue weighted by molar-refractivity contribution is 7.99. The molecule has 0 saturated heterocycles. The largest absolute Gasteiger partial charge is 0.454 e. The van der Waals surface area contributed by atoms with Gasteiger partial charge in [0.25, 0.3) is 0 Å². The van der Waals surface area contributed by atoms with Crippen molar-refractivity contribution in [1.29, 1.82) is 0 Å². The molecule has 33 heavy (non-hydrogen) atoms. The number of carbonyl (C=O) groups excluding carboxylic acids is 1. The first-order chi connectivity index (χ1) is 16.0. The smallest absolute Gasteiger partial charge is 0.231 e. The molecule has 0 fully saturated rings. The Morgan fingerprint density at radius 3 is 2.61 bits per heavy atom. The number of aromatic nitrogens is 4. The van der Waals surface area contributed by atoms with E-state index in [9.17, 15) is 4.79 Å². The van der Waals surface area contributed by atoms with Crippen LogP contribution in [0.3, 0.4) is 0 Å². The summed E-state index contributed by atoms with van der Waals surface area (Å²) in [7, 11) is 0. The van der Waals surface area contributed by atoms with Crippen molar-refractivity contribution in [2.75, 3.05) is 12.5 Å². The van der Waals surface area contributed by atoms with Gasteiger partial charge in [-0.2, -0.15) is 0 Å². The van der Waals surface area contributed by atoms with E-state index < -0.39 is 0 Å². The molecule has 2 aromatic heterocycles. The summed E-state index contributed by atoms with van der Waals surface area (Å²) in [6, 6.07) is 17.9. The van der Waals surface area contributed by atoms with Crippen LogP contribution in [0.2, 0.25) is 0 Å². The van der Waals surface area contributed by atoms with Crippen LogP contribution in [-0.2, 0) is 6.54 Å². The fourth-order valence-corrected chi connectivity index (χ4v) is 4.95. The Kier molecular flexibility index (Phi) is 5.68. The van der Waals surface area contributed by atoms with Crippen LogP contribution < -0.4 is 9.47 Å². The minimum Gasteiger partial charge on any atom is -0.454 e. The van der Waals surface area contributed by atoms with Crippen LogP contribution in [0, 0.1) is 20.8 Å². The monoisotopic (exact) mass is 460 g/mol. The highest BCUT2D eigenvalue weighted by Crippen LogP contribution is 2.33. The molecule has 0 radical (unpaired) electrons. The predicted molar refractivity (Wildman–Crippen MR) is 127 cm³/mol. The number of aryl methyl sites for hydroxylation is 2. The van der Waals surface area contributed by atoms with Crippen molar-refractivity contribution in [3.8, 4) is 17.2 Å².